The predicted molar refractivity (Wildman–Crippen MR) is 86.3 cm³/mol. The molecule has 1 aromatic heterocycles. The number of rotatable bonds is 5. The van der Waals surface area contributed by atoms with E-state index in [-0.39, 0.29) is 24.0 Å². The zero-order valence-corrected chi connectivity index (χ0v) is 13.9. The van der Waals surface area contributed by atoms with Gasteiger partial charge in [-0.15, -0.1) is 24.0 Å². The van der Waals surface area contributed by atoms with E-state index in [1.807, 2.05) is 19.4 Å². The van der Waals surface area contributed by atoms with Gasteiger partial charge in [0.25, 0.3) is 0 Å². The highest BCUT2D eigenvalue weighted by atomic mass is 127. The highest BCUT2D eigenvalue weighted by molar-refractivity contribution is 14.0. The first-order valence-electron chi connectivity index (χ1n) is 6.04. The molecule has 2 N–H and O–H groups in total. The average molecular weight is 365 g/mol. The zero-order valence-electron chi connectivity index (χ0n) is 11.6. The van der Waals surface area contributed by atoms with Crippen molar-refractivity contribution in [3.63, 3.8) is 0 Å². The third kappa shape index (κ3) is 6.83. The van der Waals surface area contributed by atoms with Gasteiger partial charge in [-0.05, 0) is 12.3 Å². The molecule has 0 saturated carbocycles. The Morgan fingerprint density at radius 2 is 2.17 bits per heavy atom. The SMILES string of the molecule is CN=C(NCCC(C)C)NCc1cnn(C)c1.I. The van der Waals surface area contributed by atoms with Crippen LogP contribution in [0.25, 0.3) is 0 Å². The molecule has 0 saturated heterocycles. The van der Waals surface area contributed by atoms with Crippen molar-refractivity contribution >= 4 is 29.9 Å². The summed E-state index contributed by atoms with van der Waals surface area (Å²) in [7, 11) is 3.70. The van der Waals surface area contributed by atoms with Crippen LogP contribution in [0.3, 0.4) is 0 Å². The number of halogens is 1. The van der Waals surface area contributed by atoms with Crippen molar-refractivity contribution in [1.82, 2.24) is 20.4 Å². The molecule has 18 heavy (non-hydrogen) atoms. The van der Waals surface area contributed by atoms with Gasteiger partial charge < -0.3 is 10.6 Å². The van der Waals surface area contributed by atoms with E-state index in [9.17, 15) is 0 Å². The minimum Gasteiger partial charge on any atom is -0.356 e. The van der Waals surface area contributed by atoms with Gasteiger partial charge in [-0.25, -0.2) is 0 Å². The van der Waals surface area contributed by atoms with Crippen LogP contribution in [-0.2, 0) is 13.6 Å². The first-order chi connectivity index (χ1) is 8.11. The van der Waals surface area contributed by atoms with Gasteiger partial charge in [0, 0.05) is 38.9 Å². The van der Waals surface area contributed by atoms with Gasteiger partial charge in [0.2, 0.25) is 0 Å². The van der Waals surface area contributed by atoms with Gasteiger partial charge >= 0.3 is 0 Å². The van der Waals surface area contributed by atoms with Crippen molar-refractivity contribution < 1.29 is 0 Å². The number of nitrogens with zero attached hydrogens (tertiary/aromatic N) is 3. The molecule has 0 aromatic carbocycles. The first-order valence-corrected chi connectivity index (χ1v) is 6.04. The Kier molecular flexibility index (Phi) is 8.78. The van der Waals surface area contributed by atoms with E-state index >= 15 is 0 Å². The Morgan fingerprint density at radius 1 is 1.44 bits per heavy atom. The van der Waals surface area contributed by atoms with E-state index in [0.717, 1.165) is 31.0 Å². The molecule has 1 aromatic rings. The van der Waals surface area contributed by atoms with Crippen LogP contribution in [0.5, 0.6) is 0 Å². The summed E-state index contributed by atoms with van der Waals surface area (Å²) in [6.45, 7) is 6.13. The molecular formula is C12H24IN5. The zero-order chi connectivity index (χ0) is 12.7. The summed E-state index contributed by atoms with van der Waals surface area (Å²) in [6.07, 6.45) is 5.00. The third-order valence-corrected chi connectivity index (χ3v) is 2.46. The van der Waals surface area contributed by atoms with Crippen molar-refractivity contribution in [3.05, 3.63) is 18.0 Å². The number of aromatic nitrogens is 2. The van der Waals surface area contributed by atoms with Gasteiger partial charge in [0.05, 0.1) is 6.20 Å². The Labute approximate surface area is 126 Å². The second kappa shape index (κ2) is 9.18. The van der Waals surface area contributed by atoms with Crippen LogP contribution in [0.1, 0.15) is 25.8 Å². The molecule has 0 amide bonds. The Balaban J connectivity index is 0.00000289. The second-order valence-electron chi connectivity index (χ2n) is 4.56. The highest BCUT2D eigenvalue weighted by Gasteiger charge is 2.00. The number of nitrogens with one attached hydrogen (secondary N) is 2. The predicted octanol–water partition coefficient (Wildman–Crippen LogP) is 1.75. The van der Waals surface area contributed by atoms with Crippen LogP contribution >= 0.6 is 24.0 Å². The van der Waals surface area contributed by atoms with Gasteiger partial charge in [0.1, 0.15) is 0 Å². The monoisotopic (exact) mass is 365 g/mol. The Hall–Kier alpha value is -0.790. The molecule has 0 bridgehead atoms. The van der Waals surface area contributed by atoms with Gasteiger partial charge in [-0.3, -0.25) is 9.67 Å². The minimum atomic E-state index is 0. The summed E-state index contributed by atoms with van der Waals surface area (Å²) >= 11 is 0. The lowest BCUT2D eigenvalue weighted by Crippen LogP contribution is -2.37. The van der Waals surface area contributed by atoms with Crippen molar-refractivity contribution in [2.45, 2.75) is 26.8 Å². The molecule has 5 nitrogen and oxygen atoms in total. The molecule has 1 rings (SSSR count). The standard InChI is InChI=1S/C12H23N5.HI/c1-10(2)5-6-14-12(13-3)15-7-11-8-16-17(4)9-11;/h8-10H,5-7H2,1-4H3,(H2,13,14,15);1H. The smallest absolute Gasteiger partial charge is 0.191 e. The summed E-state index contributed by atoms with van der Waals surface area (Å²) < 4.78 is 1.80. The molecule has 0 aliphatic rings. The quantitative estimate of drug-likeness (QED) is 0.475. The molecule has 104 valence electrons. The molecule has 6 heteroatoms. The lowest BCUT2D eigenvalue weighted by molar-refractivity contribution is 0.573. The maximum absolute atomic E-state index is 4.17. The van der Waals surface area contributed by atoms with E-state index in [2.05, 4.69) is 34.6 Å². The number of aliphatic imine (C=N–C) groups is 1. The fraction of sp³-hybridized carbons (Fsp3) is 0.667. The number of hydrogen-bond donors (Lipinski definition) is 2. The van der Waals surface area contributed by atoms with Gasteiger partial charge in [-0.1, -0.05) is 13.8 Å². The van der Waals surface area contributed by atoms with Gasteiger partial charge in [-0.2, -0.15) is 5.10 Å². The number of guanidine groups is 1. The van der Waals surface area contributed by atoms with Crippen molar-refractivity contribution in [3.8, 4) is 0 Å². The topological polar surface area (TPSA) is 54.2 Å². The number of hydrogen-bond acceptors (Lipinski definition) is 2. The summed E-state index contributed by atoms with van der Waals surface area (Å²) in [5.41, 5.74) is 1.15. The second-order valence-corrected chi connectivity index (χ2v) is 4.56. The van der Waals surface area contributed by atoms with Crippen molar-refractivity contribution in [2.24, 2.45) is 18.0 Å². The Bertz CT molecular complexity index is 359. The van der Waals surface area contributed by atoms with Crippen LogP contribution in [0.4, 0.5) is 0 Å². The maximum Gasteiger partial charge on any atom is 0.191 e. The van der Waals surface area contributed by atoms with E-state index in [0.29, 0.717) is 5.92 Å². The molecule has 0 spiro atoms. The minimum absolute atomic E-state index is 0. The maximum atomic E-state index is 4.17. The van der Waals surface area contributed by atoms with Crippen LogP contribution in [0.2, 0.25) is 0 Å². The molecule has 0 radical (unpaired) electrons. The van der Waals surface area contributed by atoms with Crippen LogP contribution in [0, 0.1) is 5.92 Å². The molecule has 1 heterocycles. The van der Waals surface area contributed by atoms with E-state index in [1.165, 1.54) is 0 Å². The largest absolute Gasteiger partial charge is 0.356 e. The Morgan fingerprint density at radius 3 is 2.67 bits per heavy atom. The molecule has 0 aliphatic heterocycles. The van der Waals surface area contributed by atoms with Crippen LogP contribution < -0.4 is 10.6 Å². The van der Waals surface area contributed by atoms with Crippen LogP contribution in [-0.4, -0.2) is 29.3 Å². The summed E-state index contributed by atoms with van der Waals surface area (Å²) in [4.78, 5) is 4.17. The summed E-state index contributed by atoms with van der Waals surface area (Å²) in [5, 5.41) is 10.7. The molecular weight excluding hydrogens is 341 g/mol. The third-order valence-electron chi connectivity index (χ3n) is 2.46. The normalized spacial score (nSPS) is 11.3. The highest BCUT2D eigenvalue weighted by Crippen LogP contribution is 1.97. The van der Waals surface area contributed by atoms with E-state index in [1.54, 1.807) is 11.7 Å². The fourth-order valence-corrected chi connectivity index (χ4v) is 1.45. The first kappa shape index (κ1) is 17.2. The summed E-state index contributed by atoms with van der Waals surface area (Å²) in [6, 6.07) is 0. The average Bonchev–Trinajstić information content (AvgIpc) is 2.69. The summed E-state index contributed by atoms with van der Waals surface area (Å²) in [5.74, 6) is 1.55. The lowest BCUT2D eigenvalue weighted by Gasteiger charge is -2.12. The molecule has 0 fully saturated rings. The fourth-order valence-electron chi connectivity index (χ4n) is 1.45. The van der Waals surface area contributed by atoms with E-state index in [4.69, 9.17) is 0 Å². The van der Waals surface area contributed by atoms with Gasteiger partial charge in [0.15, 0.2) is 5.96 Å². The molecule has 0 unspecified atom stereocenters. The molecule has 0 atom stereocenters. The van der Waals surface area contributed by atoms with Crippen LogP contribution in [0.15, 0.2) is 17.4 Å². The van der Waals surface area contributed by atoms with E-state index < -0.39 is 0 Å². The number of aryl methyl sites for hydroxylation is 1. The van der Waals surface area contributed by atoms with Crippen molar-refractivity contribution in [1.29, 1.82) is 0 Å². The molecule has 0 aliphatic carbocycles. The van der Waals surface area contributed by atoms with Crippen molar-refractivity contribution in [2.75, 3.05) is 13.6 Å². The lowest BCUT2D eigenvalue weighted by atomic mass is 10.1.